The van der Waals surface area contributed by atoms with E-state index in [0.717, 1.165) is 17.3 Å². The molecule has 0 amide bonds. The lowest BCUT2D eigenvalue weighted by Gasteiger charge is -2.11. The summed E-state index contributed by atoms with van der Waals surface area (Å²) < 4.78 is 7.76. The van der Waals surface area contributed by atoms with E-state index >= 15 is 0 Å². The molecule has 2 aromatic heterocycles. The van der Waals surface area contributed by atoms with E-state index in [4.69, 9.17) is 4.74 Å². The number of guanidine groups is 1. The molecule has 3 aromatic rings. The van der Waals surface area contributed by atoms with Gasteiger partial charge in [0.2, 0.25) is 0 Å². The number of hydrogen-bond donors (Lipinski definition) is 2. The van der Waals surface area contributed by atoms with E-state index in [9.17, 15) is 0 Å². The lowest BCUT2D eigenvalue weighted by Crippen LogP contribution is -2.38. The molecule has 144 valence electrons. The minimum absolute atomic E-state index is 0. The van der Waals surface area contributed by atoms with Crippen LogP contribution in [0.25, 0.3) is 5.65 Å². The van der Waals surface area contributed by atoms with Crippen molar-refractivity contribution >= 4 is 35.6 Å². The van der Waals surface area contributed by atoms with Gasteiger partial charge in [0.25, 0.3) is 0 Å². The van der Waals surface area contributed by atoms with Gasteiger partial charge >= 0.3 is 0 Å². The van der Waals surface area contributed by atoms with E-state index in [2.05, 4.69) is 50.1 Å². The standard InChI is InChI=1S/C20H25N5O.HI/c1-16-7-6-10-19-24-18(14-25(16)19)13-23-20(21-2)22-11-12-26-15-17-8-4-3-5-9-17;/h3-10,14H,11-13,15H2,1-2H3,(H2,21,22,23);1H. The summed E-state index contributed by atoms with van der Waals surface area (Å²) in [4.78, 5) is 8.85. The summed E-state index contributed by atoms with van der Waals surface area (Å²) in [6.45, 7) is 4.61. The quantitative estimate of drug-likeness (QED) is 0.237. The van der Waals surface area contributed by atoms with Crippen molar-refractivity contribution < 1.29 is 4.74 Å². The van der Waals surface area contributed by atoms with Crippen LogP contribution in [-0.2, 0) is 17.9 Å². The lowest BCUT2D eigenvalue weighted by molar-refractivity contribution is 0.125. The first-order valence-corrected chi connectivity index (χ1v) is 8.76. The predicted molar refractivity (Wildman–Crippen MR) is 120 cm³/mol. The fourth-order valence-corrected chi connectivity index (χ4v) is 2.68. The van der Waals surface area contributed by atoms with Crippen molar-refractivity contribution in [2.24, 2.45) is 4.99 Å². The first-order chi connectivity index (χ1) is 12.8. The normalized spacial score (nSPS) is 11.3. The highest BCUT2D eigenvalue weighted by atomic mass is 127. The summed E-state index contributed by atoms with van der Waals surface area (Å²) in [5.74, 6) is 0.738. The van der Waals surface area contributed by atoms with Gasteiger partial charge in [-0.15, -0.1) is 24.0 Å². The maximum absolute atomic E-state index is 5.67. The largest absolute Gasteiger partial charge is 0.375 e. The van der Waals surface area contributed by atoms with E-state index in [1.54, 1.807) is 7.05 Å². The number of imidazole rings is 1. The Balaban J connectivity index is 0.00000261. The van der Waals surface area contributed by atoms with Gasteiger partial charge in [-0.25, -0.2) is 4.98 Å². The third kappa shape index (κ3) is 6.21. The van der Waals surface area contributed by atoms with Crippen LogP contribution >= 0.6 is 24.0 Å². The summed E-state index contributed by atoms with van der Waals surface area (Å²) in [6.07, 6.45) is 2.05. The van der Waals surface area contributed by atoms with E-state index in [0.29, 0.717) is 26.3 Å². The van der Waals surface area contributed by atoms with Crippen LogP contribution in [0.1, 0.15) is 17.0 Å². The number of nitrogens with one attached hydrogen (secondary N) is 2. The summed E-state index contributed by atoms with van der Waals surface area (Å²) in [7, 11) is 1.76. The molecule has 0 bridgehead atoms. The Morgan fingerprint density at radius 3 is 2.67 bits per heavy atom. The van der Waals surface area contributed by atoms with E-state index in [1.165, 1.54) is 11.3 Å². The van der Waals surface area contributed by atoms with Crippen molar-refractivity contribution in [2.45, 2.75) is 20.1 Å². The molecule has 0 atom stereocenters. The summed E-state index contributed by atoms with van der Waals surface area (Å²) in [6, 6.07) is 16.3. The zero-order valence-corrected chi connectivity index (χ0v) is 18.0. The first kappa shape index (κ1) is 21.2. The van der Waals surface area contributed by atoms with Gasteiger partial charge in [-0.2, -0.15) is 0 Å². The van der Waals surface area contributed by atoms with Gasteiger partial charge in [0.05, 0.1) is 25.5 Å². The molecular weight excluding hydrogens is 453 g/mol. The molecule has 0 saturated heterocycles. The van der Waals surface area contributed by atoms with E-state index < -0.39 is 0 Å². The molecule has 2 N–H and O–H groups in total. The number of benzene rings is 1. The van der Waals surface area contributed by atoms with Gasteiger partial charge in [-0.3, -0.25) is 4.99 Å². The first-order valence-electron chi connectivity index (χ1n) is 8.76. The monoisotopic (exact) mass is 479 g/mol. The zero-order chi connectivity index (χ0) is 18.2. The second-order valence-electron chi connectivity index (χ2n) is 6.02. The molecule has 6 nitrogen and oxygen atoms in total. The van der Waals surface area contributed by atoms with Crippen molar-refractivity contribution in [2.75, 3.05) is 20.2 Å². The molecule has 2 heterocycles. The molecule has 0 radical (unpaired) electrons. The predicted octanol–water partition coefficient (Wildman–Crippen LogP) is 3.14. The SMILES string of the molecule is CN=C(NCCOCc1ccccc1)NCc1cn2c(C)cccc2n1.I. The van der Waals surface area contributed by atoms with Crippen LogP contribution in [0, 0.1) is 6.92 Å². The smallest absolute Gasteiger partial charge is 0.191 e. The van der Waals surface area contributed by atoms with Gasteiger partial charge in [-0.1, -0.05) is 36.4 Å². The minimum Gasteiger partial charge on any atom is -0.375 e. The number of aryl methyl sites for hydroxylation is 1. The van der Waals surface area contributed by atoms with Crippen molar-refractivity contribution in [3.05, 3.63) is 71.7 Å². The summed E-state index contributed by atoms with van der Waals surface area (Å²) in [5, 5.41) is 6.53. The Labute approximate surface area is 177 Å². The van der Waals surface area contributed by atoms with Crippen LogP contribution in [0.5, 0.6) is 0 Å². The van der Waals surface area contributed by atoms with Crippen LogP contribution in [0.15, 0.2) is 59.7 Å². The van der Waals surface area contributed by atoms with Gasteiger partial charge in [0.15, 0.2) is 5.96 Å². The highest BCUT2D eigenvalue weighted by molar-refractivity contribution is 14.0. The Morgan fingerprint density at radius 1 is 1.11 bits per heavy atom. The molecule has 0 aliphatic carbocycles. The van der Waals surface area contributed by atoms with Crippen molar-refractivity contribution in [3.63, 3.8) is 0 Å². The number of ether oxygens (including phenoxy) is 1. The summed E-state index contributed by atoms with van der Waals surface area (Å²) >= 11 is 0. The Kier molecular flexibility index (Phi) is 8.53. The maximum atomic E-state index is 5.67. The number of hydrogen-bond acceptors (Lipinski definition) is 3. The second kappa shape index (κ2) is 10.9. The van der Waals surface area contributed by atoms with E-state index in [1.807, 2.05) is 36.5 Å². The number of halogens is 1. The third-order valence-corrected chi connectivity index (χ3v) is 4.06. The molecule has 7 heteroatoms. The molecular formula is C20H26IN5O. The fraction of sp³-hybridized carbons (Fsp3) is 0.300. The number of aliphatic imine (C=N–C) groups is 1. The molecule has 0 spiro atoms. The van der Waals surface area contributed by atoms with Crippen LogP contribution < -0.4 is 10.6 Å². The summed E-state index contributed by atoms with van der Waals surface area (Å²) in [5.41, 5.74) is 4.28. The zero-order valence-electron chi connectivity index (χ0n) is 15.7. The fourth-order valence-electron chi connectivity index (χ4n) is 2.68. The highest BCUT2D eigenvalue weighted by Crippen LogP contribution is 2.08. The minimum atomic E-state index is 0. The average molecular weight is 479 g/mol. The number of fused-ring (bicyclic) bond motifs is 1. The molecule has 1 aromatic carbocycles. The maximum Gasteiger partial charge on any atom is 0.191 e. The van der Waals surface area contributed by atoms with Crippen molar-refractivity contribution in [1.29, 1.82) is 0 Å². The van der Waals surface area contributed by atoms with Crippen LogP contribution in [0.4, 0.5) is 0 Å². The van der Waals surface area contributed by atoms with Gasteiger partial charge in [0, 0.05) is 25.5 Å². The van der Waals surface area contributed by atoms with Crippen LogP contribution in [-0.4, -0.2) is 35.5 Å². The Bertz CT molecular complexity index is 863. The molecule has 3 rings (SSSR count). The van der Waals surface area contributed by atoms with Crippen molar-refractivity contribution in [3.8, 4) is 0 Å². The number of aromatic nitrogens is 2. The molecule has 0 unspecified atom stereocenters. The molecule has 0 aliphatic rings. The number of rotatable bonds is 7. The molecule has 0 saturated carbocycles. The molecule has 0 aliphatic heterocycles. The number of pyridine rings is 1. The number of nitrogens with zero attached hydrogens (tertiary/aromatic N) is 3. The van der Waals surface area contributed by atoms with Gasteiger partial charge in [0.1, 0.15) is 5.65 Å². The third-order valence-electron chi connectivity index (χ3n) is 4.06. The Morgan fingerprint density at radius 2 is 1.93 bits per heavy atom. The van der Waals surface area contributed by atoms with E-state index in [-0.39, 0.29) is 24.0 Å². The Hall–Kier alpha value is -2.13. The van der Waals surface area contributed by atoms with Crippen LogP contribution in [0.2, 0.25) is 0 Å². The highest BCUT2D eigenvalue weighted by Gasteiger charge is 2.04. The van der Waals surface area contributed by atoms with Gasteiger partial charge < -0.3 is 19.8 Å². The second-order valence-corrected chi connectivity index (χ2v) is 6.02. The lowest BCUT2D eigenvalue weighted by atomic mass is 10.2. The van der Waals surface area contributed by atoms with Crippen LogP contribution in [0.3, 0.4) is 0 Å². The van der Waals surface area contributed by atoms with Crippen molar-refractivity contribution in [1.82, 2.24) is 20.0 Å². The molecule has 27 heavy (non-hydrogen) atoms. The molecule has 0 fully saturated rings. The average Bonchev–Trinajstić information content (AvgIpc) is 3.09. The topological polar surface area (TPSA) is 63.0 Å². The van der Waals surface area contributed by atoms with Gasteiger partial charge in [-0.05, 0) is 24.6 Å².